The molecule has 4 heterocycles. The van der Waals surface area contributed by atoms with Crippen LogP contribution in [0.1, 0.15) is 61.3 Å². The Bertz CT molecular complexity index is 1280. The summed E-state index contributed by atoms with van der Waals surface area (Å²) in [6.45, 7) is 0. The normalized spacial score (nSPS) is 23.8. The Morgan fingerprint density at radius 1 is 1.14 bits per heavy atom. The van der Waals surface area contributed by atoms with Crippen LogP contribution in [0.5, 0.6) is 0 Å². The Hall–Kier alpha value is -3.77. The summed E-state index contributed by atoms with van der Waals surface area (Å²) in [7, 11) is 0. The number of aliphatic hydroxyl groups excluding tert-OH is 1. The lowest BCUT2D eigenvalue weighted by Gasteiger charge is -2.37. The van der Waals surface area contributed by atoms with Crippen LogP contribution in [0.2, 0.25) is 0 Å². The van der Waals surface area contributed by atoms with Crippen LogP contribution in [-0.2, 0) is 0 Å². The third-order valence-corrected chi connectivity index (χ3v) is 7.69. The predicted octanol–water partition coefficient (Wildman–Crippen LogP) is 4.08. The fourth-order valence-electron chi connectivity index (χ4n) is 5.74. The summed E-state index contributed by atoms with van der Waals surface area (Å²) in [6.07, 6.45) is 11.2. The number of aliphatic hydroxyl groups is 1. The average molecular weight is 484 g/mol. The predicted molar refractivity (Wildman–Crippen MR) is 133 cm³/mol. The van der Waals surface area contributed by atoms with E-state index >= 15 is 0 Å². The van der Waals surface area contributed by atoms with Crippen LogP contribution in [0, 0.1) is 17.2 Å². The van der Waals surface area contributed by atoms with Gasteiger partial charge >= 0.3 is 0 Å². The molecular formula is C27H29N7O2. The lowest BCUT2D eigenvalue weighted by atomic mass is 9.98. The quantitative estimate of drug-likeness (QED) is 0.520. The van der Waals surface area contributed by atoms with Crippen molar-refractivity contribution in [2.24, 2.45) is 5.92 Å². The Morgan fingerprint density at radius 2 is 1.89 bits per heavy atom. The molecule has 3 aliphatic rings. The van der Waals surface area contributed by atoms with Gasteiger partial charge in [-0.05, 0) is 74.8 Å². The fourth-order valence-corrected chi connectivity index (χ4v) is 5.74. The maximum absolute atomic E-state index is 13.1. The number of nitrogens with zero attached hydrogens (tertiary/aromatic N) is 6. The summed E-state index contributed by atoms with van der Waals surface area (Å²) in [6, 6.07) is 11.9. The van der Waals surface area contributed by atoms with Gasteiger partial charge in [0.25, 0.3) is 5.91 Å². The standard InChI is InChI=1S/C27H29N7O2/c28-11-9-25(17-1-2-17)33-16-19(15-30-33)24-10-12-29-27(32-24)31-20-5-3-18(4-6-20)26(36)34-21-7-8-22(34)14-23(35)13-21/h3-6,10,12,15-17,21-23,25,35H,1-2,7-9,13-14H2,(H,29,31,32)/t21-,22+,23+,25?. The van der Waals surface area contributed by atoms with Gasteiger partial charge in [0.1, 0.15) is 0 Å². The van der Waals surface area contributed by atoms with Crippen LogP contribution in [-0.4, -0.2) is 53.8 Å². The third-order valence-electron chi connectivity index (χ3n) is 7.69. The topological polar surface area (TPSA) is 120 Å². The zero-order valence-corrected chi connectivity index (χ0v) is 20.0. The molecule has 1 aromatic carbocycles. The summed E-state index contributed by atoms with van der Waals surface area (Å²) in [5.41, 5.74) is 3.07. The molecule has 0 spiro atoms. The van der Waals surface area contributed by atoms with E-state index in [0.717, 1.165) is 42.6 Å². The van der Waals surface area contributed by atoms with E-state index in [1.807, 2.05) is 46.1 Å². The largest absolute Gasteiger partial charge is 0.393 e. The molecule has 9 nitrogen and oxygen atoms in total. The number of carbonyl (C=O) groups excluding carboxylic acids is 1. The molecule has 2 N–H and O–H groups in total. The smallest absolute Gasteiger partial charge is 0.254 e. The van der Waals surface area contributed by atoms with Gasteiger partial charge in [0.15, 0.2) is 0 Å². The molecule has 1 amide bonds. The third kappa shape index (κ3) is 4.44. The van der Waals surface area contributed by atoms with Gasteiger partial charge in [-0.2, -0.15) is 10.4 Å². The van der Waals surface area contributed by atoms with Gasteiger partial charge in [-0.15, -0.1) is 0 Å². The van der Waals surface area contributed by atoms with Gasteiger partial charge < -0.3 is 15.3 Å². The van der Waals surface area contributed by atoms with E-state index in [1.54, 1.807) is 12.4 Å². The van der Waals surface area contributed by atoms with Gasteiger partial charge in [0.05, 0.1) is 36.5 Å². The second-order valence-corrected chi connectivity index (χ2v) is 10.2. The minimum absolute atomic E-state index is 0.0390. The zero-order chi connectivity index (χ0) is 24.6. The summed E-state index contributed by atoms with van der Waals surface area (Å²) in [5, 5.41) is 26.9. The van der Waals surface area contributed by atoms with Gasteiger partial charge in [0, 0.05) is 41.3 Å². The Labute approximate surface area is 209 Å². The van der Waals surface area contributed by atoms with E-state index in [-0.39, 0.29) is 30.1 Å². The van der Waals surface area contributed by atoms with Gasteiger partial charge in [0.2, 0.25) is 5.95 Å². The molecule has 1 saturated carbocycles. The van der Waals surface area contributed by atoms with Crippen LogP contribution in [0.4, 0.5) is 11.6 Å². The summed E-state index contributed by atoms with van der Waals surface area (Å²) >= 11 is 0. The molecule has 1 aliphatic carbocycles. The van der Waals surface area contributed by atoms with E-state index in [0.29, 0.717) is 36.7 Å². The number of nitriles is 1. The van der Waals surface area contributed by atoms with Crippen molar-refractivity contribution in [2.75, 3.05) is 5.32 Å². The van der Waals surface area contributed by atoms with Crippen molar-refractivity contribution in [3.63, 3.8) is 0 Å². The summed E-state index contributed by atoms with van der Waals surface area (Å²) in [5.74, 6) is 1.03. The van der Waals surface area contributed by atoms with Gasteiger partial charge in [-0.25, -0.2) is 9.97 Å². The number of piperidine rings is 1. The van der Waals surface area contributed by atoms with Crippen molar-refractivity contribution in [3.05, 3.63) is 54.5 Å². The zero-order valence-electron chi connectivity index (χ0n) is 20.0. The van der Waals surface area contributed by atoms with Crippen molar-refractivity contribution in [1.82, 2.24) is 24.6 Å². The molecule has 9 heteroatoms. The number of aromatic nitrogens is 4. The minimum atomic E-state index is -0.291. The number of rotatable bonds is 7. The molecule has 36 heavy (non-hydrogen) atoms. The van der Waals surface area contributed by atoms with Crippen molar-refractivity contribution >= 4 is 17.5 Å². The van der Waals surface area contributed by atoms with Crippen molar-refractivity contribution < 1.29 is 9.90 Å². The van der Waals surface area contributed by atoms with E-state index in [2.05, 4.69) is 26.5 Å². The molecule has 1 unspecified atom stereocenters. The molecule has 2 bridgehead atoms. The van der Waals surface area contributed by atoms with Gasteiger partial charge in [-0.3, -0.25) is 9.48 Å². The van der Waals surface area contributed by atoms with Crippen molar-refractivity contribution in [1.29, 1.82) is 5.26 Å². The Morgan fingerprint density at radius 3 is 2.58 bits per heavy atom. The number of hydrogen-bond donors (Lipinski definition) is 2. The molecule has 4 atom stereocenters. The first kappa shape index (κ1) is 22.7. The first-order valence-corrected chi connectivity index (χ1v) is 12.7. The van der Waals surface area contributed by atoms with Crippen molar-refractivity contribution in [3.8, 4) is 17.3 Å². The highest BCUT2D eigenvalue weighted by Crippen LogP contribution is 2.41. The minimum Gasteiger partial charge on any atom is -0.393 e. The fraction of sp³-hybridized carbons (Fsp3) is 0.444. The molecule has 3 aromatic rings. The highest BCUT2D eigenvalue weighted by molar-refractivity contribution is 5.95. The van der Waals surface area contributed by atoms with Gasteiger partial charge in [-0.1, -0.05) is 0 Å². The summed E-state index contributed by atoms with van der Waals surface area (Å²) in [4.78, 5) is 24.1. The Kier molecular flexibility index (Phi) is 5.89. The summed E-state index contributed by atoms with van der Waals surface area (Å²) < 4.78 is 1.90. The van der Waals surface area contributed by atoms with Crippen LogP contribution in [0.25, 0.3) is 11.3 Å². The number of anilines is 2. The molecule has 3 fully saturated rings. The molecule has 0 radical (unpaired) electrons. The second kappa shape index (κ2) is 9.36. The molecule has 6 rings (SSSR count). The first-order chi connectivity index (χ1) is 17.6. The maximum Gasteiger partial charge on any atom is 0.254 e. The van der Waals surface area contributed by atoms with Crippen LogP contribution < -0.4 is 5.32 Å². The number of carbonyl (C=O) groups is 1. The number of hydrogen-bond acceptors (Lipinski definition) is 7. The SMILES string of the molecule is N#CCC(C1CC1)n1cc(-c2ccnc(Nc3ccc(C(=O)N4[C@@H]5CC[C@H]4C[C@@H](O)C5)cc3)n2)cn1. The number of amides is 1. The first-order valence-electron chi connectivity index (χ1n) is 12.7. The van der Waals surface area contributed by atoms with E-state index in [4.69, 9.17) is 0 Å². The highest BCUT2D eigenvalue weighted by Gasteiger charge is 2.42. The van der Waals surface area contributed by atoms with Crippen molar-refractivity contribution in [2.45, 2.75) is 69.2 Å². The maximum atomic E-state index is 13.1. The Balaban J connectivity index is 1.14. The average Bonchev–Trinajstić information content (AvgIpc) is 3.54. The van der Waals surface area contributed by atoms with Crippen LogP contribution in [0.15, 0.2) is 48.9 Å². The van der Waals surface area contributed by atoms with E-state index < -0.39 is 0 Å². The van der Waals surface area contributed by atoms with Crippen LogP contribution in [0.3, 0.4) is 0 Å². The van der Waals surface area contributed by atoms with E-state index in [9.17, 15) is 15.2 Å². The monoisotopic (exact) mass is 483 g/mol. The lowest BCUT2D eigenvalue weighted by molar-refractivity contribution is 0.0287. The highest BCUT2D eigenvalue weighted by atomic mass is 16.3. The molecule has 2 aromatic heterocycles. The number of fused-ring (bicyclic) bond motifs is 2. The lowest BCUT2D eigenvalue weighted by Crippen LogP contribution is -2.47. The molecule has 2 aliphatic heterocycles. The molecule has 2 saturated heterocycles. The van der Waals surface area contributed by atoms with E-state index in [1.165, 1.54) is 0 Å². The number of benzene rings is 1. The molecular weight excluding hydrogens is 454 g/mol. The number of nitrogens with one attached hydrogen (secondary N) is 1. The molecule has 184 valence electrons. The van der Waals surface area contributed by atoms with Crippen LogP contribution >= 0.6 is 0 Å². The second-order valence-electron chi connectivity index (χ2n) is 10.2.